The number of nitrogens with one attached hydrogen (secondary N) is 1. The van der Waals surface area contributed by atoms with Gasteiger partial charge in [0.25, 0.3) is 11.5 Å². The Kier molecular flexibility index (Phi) is 2.96. The largest absolute Gasteiger partial charge is 0.364 e. The fourth-order valence-corrected chi connectivity index (χ4v) is 1.52. The molecular formula is C9H12ClN3O3. The van der Waals surface area contributed by atoms with Crippen LogP contribution >= 0.6 is 11.6 Å². The van der Waals surface area contributed by atoms with E-state index in [2.05, 4.69) is 4.98 Å². The maximum Gasteiger partial charge on any atom is 0.329 e. The van der Waals surface area contributed by atoms with Crippen LogP contribution in [0.4, 0.5) is 0 Å². The van der Waals surface area contributed by atoms with Gasteiger partial charge < -0.3 is 10.7 Å². The Morgan fingerprint density at radius 3 is 2.25 bits per heavy atom. The third kappa shape index (κ3) is 2.01. The van der Waals surface area contributed by atoms with Crippen LogP contribution in [0.15, 0.2) is 9.59 Å². The number of rotatable bonds is 1. The number of H-pyrrole nitrogens is 1. The topological polar surface area (TPSA) is 97.9 Å². The summed E-state index contributed by atoms with van der Waals surface area (Å²) >= 11 is 5.67. The fourth-order valence-electron chi connectivity index (χ4n) is 1.29. The number of halogens is 1. The van der Waals surface area contributed by atoms with Gasteiger partial charge in [0, 0.05) is 5.54 Å². The van der Waals surface area contributed by atoms with Gasteiger partial charge >= 0.3 is 5.69 Å². The molecule has 0 fully saturated rings. The summed E-state index contributed by atoms with van der Waals surface area (Å²) in [6.45, 7) is 5.01. The number of hydrogen-bond acceptors (Lipinski definition) is 3. The van der Waals surface area contributed by atoms with E-state index >= 15 is 0 Å². The number of carbonyl (C=O) groups excluding carboxylic acids is 1. The average Bonchev–Trinajstić information content (AvgIpc) is 2.08. The summed E-state index contributed by atoms with van der Waals surface area (Å²) in [5.74, 6) is -0.944. The molecule has 0 unspecified atom stereocenters. The predicted molar refractivity (Wildman–Crippen MR) is 59.8 cm³/mol. The molecule has 0 atom stereocenters. The molecule has 0 saturated heterocycles. The molecule has 7 heteroatoms. The van der Waals surface area contributed by atoms with E-state index in [1.165, 1.54) is 0 Å². The van der Waals surface area contributed by atoms with Gasteiger partial charge in [0.1, 0.15) is 10.7 Å². The normalized spacial score (nSPS) is 11.5. The van der Waals surface area contributed by atoms with Crippen molar-refractivity contribution in [3.05, 3.63) is 31.6 Å². The number of aromatic nitrogens is 2. The molecule has 16 heavy (non-hydrogen) atoms. The smallest absolute Gasteiger partial charge is 0.329 e. The second kappa shape index (κ2) is 3.79. The van der Waals surface area contributed by atoms with Crippen molar-refractivity contribution in [2.24, 2.45) is 5.73 Å². The molecule has 0 aliphatic rings. The molecule has 88 valence electrons. The van der Waals surface area contributed by atoms with Crippen LogP contribution in [0.2, 0.25) is 5.02 Å². The maximum absolute atomic E-state index is 11.8. The first-order chi connectivity index (χ1) is 7.16. The summed E-state index contributed by atoms with van der Waals surface area (Å²) in [6, 6.07) is 0. The minimum absolute atomic E-state index is 0.364. The molecule has 1 aromatic rings. The molecule has 1 aromatic heterocycles. The predicted octanol–water partition coefficient (Wildman–Crippen LogP) is 0.0439. The van der Waals surface area contributed by atoms with Crippen molar-refractivity contribution in [2.45, 2.75) is 26.3 Å². The first-order valence-corrected chi connectivity index (χ1v) is 4.89. The van der Waals surface area contributed by atoms with Gasteiger partial charge in [-0.15, -0.1) is 0 Å². The zero-order valence-corrected chi connectivity index (χ0v) is 9.88. The van der Waals surface area contributed by atoms with Crippen molar-refractivity contribution >= 4 is 17.5 Å². The molecule has 0 aliphatic heterocycles. The lowest BCUT2D eigenvalue weighted by molar-refractivity contribution is 0.0994. The van der Waals surface area contributed by atoms with Crippen LogP contribution in [0.5, 0.6) is 0 Å². The molecule has 3 N–H and O–H groups in total. The van der Waals surface area contributed by atoms with Crippen molar-refractivity contribution in [1.29, 1.82) is 0 Å². The number of hydrogen-bond donors (Lipinski definition) is 2. The van der Waals surface area contributed by atoms with Gasteiger partial charge in [-0.2, -0.15) is 0 Å². The highest BCUT2D eigenvalue weighted by Crippen LogP contribution is 2.11. The van der Waals surface area contributed by atoms with E-state index in [9.17, 15) is 14.4 Å². The second-order valence-corrected chi connectivity index (χ2v) is 4.67. The number of aromatic amines is 1. The summed E-state index contributed by atoms with van der Waals surface area (Å²) in [6.07, 6.45) is 0. The second-order valence-electron chi connectivity index (χ2n) is 4.29. The van der Waals surface area contributed by atoms with Gasteiger partial charge in [0.15, 0.2) is 0 Å². The zero-order chi connectivity index (χ0) is 12.7. The van der Waals surface area contributed by atoms with Crippen molar-refractivity contribution in [3.63, 3.8) is 0 Å². The molecule has 0 radical (unpaired) electrons. The Hall–Kier alpha value is -1.56. The summed E-state index contributed by atoms with van der Waals surface area (Å²) in [4.78, 5) is 36.5. The Morgan fingerprint density at radius 1 is 1.38 bits per heavy atom. The van der Waals surface area contributed by atoms with Crippen molar-refractivity contribution in [2.75, 3.05) is 0 Å². The first kappa shape index (κ1) is 12.5. The van der Waals surface area contributed by atoms with Crippen LogP contribution in [0.3, 0.4) is 0 Å². The van der Waals surface area contributed by atoms with Crippen LogP contribution in [0.25, 0.3) is 0 Å². The standard InChI is InChI=1S/C9H12ClN3O3/c1-9(2,3)13-7(15)4(10)5(6(11)14)12-8(13)16/h1-3H3,(H2,11,14)(H,12,16). The Labute approximate surface area is 96.0 Å². The van der Waals surface area contributed by atoms with E-state index in [4.69, 9.17) is 17.3 Å². The van der Waals surface area contributed by atoms with Gasteiger partial charge in [0.05, 0.1) is 0 Å². The van der Waals surface area contributed by atoms with E-state index in [1.807, 2.05) is 0 Å². The number of amides is 1. The van der Waals surface area contributed by atoms with Gasteiger partial charge in [-0.1, -0.05) is 11.6 Å². The van der Waals surface area contributed by atoms with Gasteiger partial charge in [-0.3, -0.25) is 14.2 Å². The third-order valence-electron chi connectivity index (χ3n) is 1.96. The molecule has 6 nitrogen and oxygen atoms in total. The average molecular weight is 246 g/mol. The van der Waals surface area contributed by atoms with E-state index in [1.54, 1.807) is 20.8 Å². The molecular weight excluding hydrogens is 234 g/mol. The number of primary amides is 1. The van der Waals surface area contributed by atoms with Crippen LogP contribution in [0, 0.1) is 0 Å². The summed E-state index contributed by atoms with van der Waals surface area (Å²) < 4.78 is 0.932. The van der Waals surface area contributed by atoms with Crippen LogP contribution in [-0.2, 0) is 5.54 Å². The Balaban J connectivity index is 3.74. The molecule has 0 saturated carbocycles. The maximum atomic E-state index is 11.8. The van der Waals surface area contributed by atoms with Gasteiger partial charge in [-0.25, -0.2) is 4.79 Å². The number of nitrogens with two attached hydrogens (primary N) is 1. The van der Waals surface area contributed by atoms with Gasteiger partial charge in [0.2, 0.25) is 0 Å². The quantitative estimate of drug-likeness (QED) is 0.731. The SMILES string of the molecule is CC(C)(C)n1c(=O)[nH]c(C(N)=O)c(Cl)c1=O. The Morgan fingerprint density at radius 2 is 1.88 bits per heavy atom. The highest BCUT2D eigenvalue weighted by atomic mass is 35.5. The molecule has 0 aromatic carbocycles. The van der Waals surface area contributed by atoms with Crippen molar-refractivity contribution < 1.29 is 4.79 Å². The lowest BCUT2D eigenvalue weighted by atomic mass is 10.1. The zero-order valence-electron chi connectivity index (χ0n) is 9.13. The fraction of sp³-hybridized carbons (Fsp3) is 0.444. The highest BCUT2D eigenvalue weighted by Gasteiger charge is 2.23. The molecule has 1 heterocycles. The summed E-state index contributed by atoms with van der Waals surface area (Å²) in [5.41, 5.74) is 2.43. The molecule has 0 aliphatic carbocycles. The first-order valence-electron chi connectivity index (χ1n) is 4.51. The highest BCUT2D eigenvalue weighted by molar-refractivity contribution is 6.33. The van der Waals surface area contributed by atoms with Crippen LogP contribution in [-0.4, -0.2) is 15.5 Å². The van der Waals surface area contributed by atoms with Crippen LogP contribution < -0.4 is 17.0 Å². The number of carbonyl (C=O) groups is 1. The minimum Gasteiger partial charge on any atom is -0.364 e. The Bertz CT molecular complexity index is 551. The lowest BCUT2D eigenvalue weighted by Gasteiger charge is -2.21. The lowest BCUT2D eigenvalue weighted by Crippen LogP contribution is -2.46. The molecule has 0 bridgehead atoms. The molecule has 1 rings (SSSR count). The van der Waals surface area contributed by atoms with E-state index in [-0.39, 0.29) is 10.7 Å². The summed E-state index contributed by atoms with van der Waals surface area (Å²) in [7, 11) is 0. The molecule has 1 amide bonds. The third-order valence-corrected chi connectivity index (χ3v) is 2.31. The minimum atomic E-state index is -0.944. The van der Waals surface area contributed by atoms with Gasteiger partial charge in [-0.05, 0) is 20.8 Å². The number of nitrogens with zero attached hydrogens (tertiary/aromatic N) is 1. The van der Waals surface area contributed by atoms with Crippen LogP contribution in [0.1, 0.15) is 31.3 Å². The van der Waals surface area contributed by atoms with Crippen molar-refractivity contribution in [3.8, 4) is 0 Å². The van der Waals surface area contributed by atoms with E-state index in [0.717, 1.165) is 4.57 Å². The monoisotopic (exact) mass is 245 g/mol. The van der Waals surface area contributed by atoms with Crippen molar-refractivity contribution in [1.82, 2.24) is 9.55 Å². The molecule has 0 spiro atoms. The summed E-state index contributed by atoms with van der Waals surface area (Å²) in [5, 5.41) is -0.373. The van der Waals surface area contributed by atoms with E-state index in [0.29, 0.717) is 0 Å². The van der Waals surface area contributed by atoms with E-state index < -0.39 is 22.7 Å².